The fourth-order valence-corrected chi connectivity index (χ4v) is 3.81. The van der Waals surface area contributed by atoms with E-state index in [1.807, 2.05) is 50.2 Å². The topological polar surface area (TPSA) is 108 Å². The van der Waals surface area contributed by atoms with E-state index in [0.717, 1.165) is 10.4 Å². The van der Waals surface area contributed by atoms with Gasteiger partial charge in [0.25, 0.3) is 5.91 Å². The van der Waals surface area contributed by atoms with Gasteiger partial charge in [-0.25, -0.2) is 4.79 Å². The van der Waals surface area contributed by atoms with E-state index in [1.54, 1.807) is 12.3 Å². The number of hydrogen-bond donors (Lipinski definition) is 2. The molecule has 0 atom stereocenters. The maximum Gasteiger partial charge on any atom is 0.340 e. The van der Waals surface area contributed by atoms with Crippen molar-refractivity contribution in [2.75, 3.05) is 12.4 Å². The number of carbonyl (C=O) groups is 2. The van der Waals surface area contributed by atoms with Crippen LogP contribution in [0.3, 0.4) is 0 Å². The second-order valence-corrected chi connectivity index (χ2v) is 7.81. The zero-order valence-corrected chi connectivity index (χ0v) is 17.5. The van der Waals surface area contributed by atoms with Crippen LogP contribution in [0, 0.1) is 11.3 Å². The number of nitrogens with one attached hydrogen (secondary N) is 2. The molecule has 0 aliphatic carbocycles. The van der Waals surface area contributed by atoms with Gasteiger partial charge in [0.05, 0.1) is 24.6 Å². The van der Waals surface area contributed by atoms with Gasteiger partial charge in [0.1, 0.15) is 16.6 Å². The lowest BCUT2D eigenvalue weighted by atomic mass is 10.1. The number of esters is 1. The molecule has 8 heteroatoms. The zero-order valence-electron chi connectivity index (χ0n) is 16.7. The number of thiophene rings is 1. The molecule has 0 aliphatic heterocycles. The first kappa shape index (κ1) is 21.0. The molecule has 0 aliphatic rings. The quantitative estimate of drug-likeness (QED) is 0.344. The summed E-state index contributed by atoms with van der Waals surface area (Å²) in [5.74, 6) is -0.980. The predicted octanol–water partition coefficient (Wildman–Crippen LogP) is 4.59. The van der Waals surface area contributed by atoms with Crippen LogP contribution in [-0.2, 0) is 9.53 Å². The number of aromatic nitrogens is 2. The largest absolute Gasteiger partial charge is 0.465 e. The summed E-state index contributed by atoms with van der Waals surface area (Å²) >= 11 is 1.29. The van der Waals surface area contributed by atoms with Crippen molar-refractivity contribution in [1.29, 1.82) is 5.26 Å². The predicted molar refractivity (Wildman–Crippen MR) is 116 cm³/mol. The maximum atomic E-state index is 12.8. The summed E-state index contributed by atoms with van der Waals surface area (Å²) in [5.41, 5.74) is 2.35. The van der Waals surface area contributed by atoms with Gasteiger partial charge in [-0.05, 0) is 18.1 Å². The Labute approximate surface area is 178 Å². The van der Waals surface area contributed by atoms with Crippen LogP contribution in [0.25, 0.3) is 17.3 Å². The summed E-state index contributed by atoms with van der Waals surface area (Å²) in [4.78, 5) is 25.8. The zero-order chi connectivity index (χ0) is 21.7. The Balaban J connectivity index is 1.91. The number of H-pyrrole nitrogens is 1. The van der Waals surface area contributed by atoms with Crippen LogP contribution in [0.15, 0.2) is 48.2 Å². The van der Waals surface area contributed by atoms with Crippen LogP contribution in [0.1, 0.15) is 40.6 Å². The normalized spacial score (nSPS) is 11.2. The number of nitrogens with zero attached hydrogens (tertiary/aromatic N) is 2. The van der Waals surface area contributed by atoms with Gasteiger partial charge in [-0.1, -0.05) is 44.2 Å². The van der Waals surface area contributed by atoms with Gasteiger partial charge in [-0.15, -0.1) is 11.3 Å². The van der Waals surface area contributed by atoms with E-state index in [1.165, 1.54) is 24.5 Å². The average molecular weight is 420 g/mol. The Morgan fingerprint density at radius 3 is 2.67 bits per heavy atom. The van der Waals surface area contributed by atoms with Crippen LogP contribution >= 0.6 is 11.3 Å². The van der Waals surface area contributed by atoms with Crippen molar-refractivity contribution < 1.29 is 14.3 Å². The van der Waals surface area contributed by atoms with E-state index in [0.29, 0.717) is 16.3 Å². The molecule has 0 bridgehead atoms. The molecule has 0 spiro atoms. The molecule has 1 amide bonds. The standard InChI is InChI=1S/C22H20N4O3S/c1-13(2)18-10-17(22(28)29-3)21(30-18)25-20(27)15(11-23)9-16-12-24-26-19(16)14-7-5-4-6-8-14/h4-10,12-13H,1-3H3,(H,24,26)(H,25,27)/b15-9+. The number of aromatic amines is 1. The van der Waals surface area contributed by atoms with Crippen LogP contribution in [-0.4, -0.2) is 29.2 Å². The molecule has 152 valence electrons. The molecule has 0 saturated heterocycles. The number of benzene rings is 1. The van der Waals surface area contributed by atoms with E-state index in [-0.39, 0.29) is 17.1 Å². The van der Waals surface area contributed by atoms with Gasteiger partial charge >= 0.3 is 5.97 Å². The van der Waals surface area contributed by atoms with E-state index in [9.17, 15) is 14.9 Å². The Hall–Kier alpha value is -3.70. The number of ether oxygens (including phenoxy) is 1. The van der Waals surface area contributed by atoms with E-state index >= 15 is 0 Å². The molecule has 2 N–H and O–H groups in total. The average Bonchev–Trinajstić information content (AvgIpc) is 3.39. The molecule has 0 saturated carbocycles. The molecule has 0 unspecified atom stereocenters. The first-order valence-electron chi connectivity index (χ1n) is 9.18. The minimum atomic E-state index is -0.611. The van der Waals surface area contributed by atoms with Gasteiger partial charge in [0.2, 0.25) is 0 Å². The van der Waals surface area contributed by atoms with Gasteiger partial charge in [0.15, 0.2) is 0 Å². The molecule has 0 fully saturated rings. The van der Waals surface area contributed by atoms with Crippen molar-refractivity contribution in [3.8, 4) is 17.3 Å². The summed E-state index contributed by atoms with van der Waals surface area (Å²) in [5, 5.41) is 19.5. The van der Waals surface area contributed by atoms with Crippen molar-refractivity contribution in [3.63, 3.8) is 0 Å². The summed E-state index contributed by atoms with van der Waals surface area (Å²) in [6, 6.07) is 13.1. The molecule has 30 heavy (non-hydrogen) atoms. The van der Waals surface area contributed by atoms with Crippen molar-refractivity contribution in [2.24, 2.45) is 0 Å². The highest BCUT2D eigenvalue weighted by molar-refractivity contribution is 7.16. The lowest BCUT2D eigenvalue weighted by Gasteiger charge is -2.05. The first-order chi connectivity index (χ1) is 14.4. The molecule has 0 radical (unpaired) electrons. The highest BCUT2D eigenvalue weighted by atomic mass is 32.1. The van der Waals surface area contributed by atoms with Gasteiger partial charge in [-0.3, -0.25) is 9.89 Å². The van der Waals surface area contributed by atoms with Crippen molar-refractivity contribution in [1.82, 2.24) is 10.2 Å². The van der Waals surface area contributed by atoms with Gasteiger partial charge in [0, 0.05) is 16.0 Å². The second-order valence-electron chi connectivity index (χ2n) is 6.73. The molecular formula is C22H20N4O3S. The van der Waals surface area contributed by atoms with Crippen molar-refractivity contribution >= 4 is 34.3 Å². The van der Waals surface area contributed by atoms with E-state index in [2.05, 4.69) is 15.5 Å². The summed E-state index contributed by atoms with van der Waals surface area (Å²) in [7, 11) is 1.28. The minimum absolute atomic E-state index is 0.108. The van der Waals surface area contributed by atoms with Gasteiger partial charge < -0.3 is 10.1 Å². The van der Waals surface area contributed by atoms with Crippen LogP contribution in [0.5, 0.6) is 0 Å². The molecule has 2 aromatic heterocycles. The first-order valence-corrected chi connectivity index (χ1v) is 10.00. The monoisotopic (exact) mass is 420 g/mol. The molecular weight excluding hydrogens is 400 g/mol. The smallest absolute Gasteiger partial charge is 0.340 e. The highest BCUT2D eigenvalue weighted by Crippen LogP contribution is 2.33. The lowest BCUT2D eigenvalue weighted by Crippen LogP contribution is -2.15. The van der Waals surface area contributed by atoms with Gasteiger partial charge in [-0.2, -0.15) is 10.4 Å². The molecule has 1 aromatic carbocycles. The maximum absolute atomic E-state index is 12.8. The lowest BCUT2D eigenvalue weighted by molar-refractivity contribution is -0.112. The number of carbonyl (C=O) groups excluding carboxylic acids is 2. The minimum Gasteiger partial charge on any atom is -0.465 e. The third kappa shape index (κ3) is 4.47. The summed E-state index contributed by atoms with van der Waals surface area (Å²) in [6.07, 6.45) is 3.02. The van der Waals surface area contributed by atoms with E-state index < -0.39 is 11.9 Å². The number of rotatable bonds is 6. The summed E-state index contributed by atoms with van der Waals surface area (Å²) in [6.45, 7) is 3.98. The number of hydrogen-bond acceptors (Lipinski definition) is 6. The second kappa shape index (κ2) is 9.20. The molecule has 3 aromatic rings. The van der Waals surface area contributed by atoms with Crippen LogP contribution in [0.4, 0.5) is 5.00 Å². The number of amides is 1. The summed E-state index contributed by atoms with van der Waals surface area (Å²) < 4.78 is 4.81. The Bertz CT molecular complexity index is 1140. The third-order valence-electron chi connectivity index (χ3n) is 4.35. The fraction of sp³-hybridized carbons (Fsp3) is 0.182. The Morgan fingerprint density at radius 1 is 1.30 bits per heavy atom. The third-order valence-corrected chi connectivity index (χ3v) is 5.70. The molecule has 7 nitrogen and oxygen atoms in total. The molecule has 3 rings (SSSR count). The van der Waals surface area contributed by atoms with Crippen molar-refractivity contribution in [2.45, 2.75) is 19.8 Å². The fourth-order valence-electron chi connectivity index (χ4n) is 2.76. The number of anilines is 1. The SMILES string of the molecule is COC(=O)c1cc(C(C)C)sc1NC(=O)/C(C#N)=C/c1cn[nH]c1-c1ccccc1. The van der Waals surface area contributed by atoms with Crippen LogP contribution < -0.4 is 5.32 Å². The number of nitriles is 1. The Kier molecular flexibility index (Phi) is 6.45. The Morgan fingerprint density at radius 2 is 2.03 bits per heavy atom. The van der Waals surface area contributed by atoms with E-state index in [4.69, 9.17) is 4.74 Å². The van der Waals surface area contributed by atoms with Crippen molar-refractivity contribution in [3.05, 3.63) is 64.2 Å². The highest BCUT2D eigenvalue weighted by Gasteiger charge is 2.21. The molecule has 2 heterocycles. The number of methoxy groups -OCH3 is 1. The van der Waals surface area contributed by atoms with Crippen LogP contribution in [0.2, 0.25) is 0 Å².